The third-order valence-corrected chi connectivity index (χ3v) is 4.25. The summed E-state index contributed by atoms with van der Waals surface area (Å²) in [6, 6.07) is 1.92. The van der Waals surface area contributed by atoms with Crippen LogP contribution in [0.5, 0.6) is 5.88 Å². The zero-order chi connectivity index (χ0) is 16.4. The van der Waals surface area contributed by atoms with Gasteiger partial charge in [-0.2, -0.15) is 0 Å². The molecule has 1 aromatic rings. The van der Waals surface area contributed by atoms with Crippen molar-refractivity contribution in [2.45, 2.75) is 25.4 Å². The molecule has 0 amide bonds. The van der Waals surface area contributed by atoms with Crippen molar-refractivity contribution in [3.8, 4) is 5.88 Å². The summed E-state index contributed by atoms with van der Waals surface area (Å²) in [5, 5.41) is 3.08. The van der Waals surface area contributed by atoms with E-state index >= 15 is 0 Å². The van der Waals surface area contributed by atoms with Gasteiger partial charge in [-0.25, -0.2) is 13.8 Å². The monoisotopic (exact) mass is 341 g/mol. The summed E-state index contributed by atoms with van der Waals surface area (Å²) in [6.45, 7) is 2.74. The van der Waals surface area contributed by atoms with E-state index in [0.717, 1.165) is 23.2 Å². The lowest BCUT2D eigenvalue weighted by Crippen LogP contribution is -2.28. The average Bonchev–Trinajstić information content (AvgIpc) is 2.90. The molecule has 2 atom stereocenters. The number of hydrogen-bond acceptors (Lipinski definition) is 4. The van der Waals surface area contributed by atoms with Crippen LogP contribution >= 0.6 is 11.6 Å². The van der Waals surface area contributed by atoms with Gasteiger partial charge >= 0.3 is 0 Å². The second-order valence-corrected chi connectivity index (χ2v) is 6.16. The van der Waals surface area contributed by atoms with E-state index in [-0.39, 0.29) is 11.4 Å². The third-order valence-electron chi connectivity index (χ3n) is 3.87. The number of pyridine rings is 1. The molecule has 0 radical (unpaired) electrons. The smallest absolute Gasteiger partial charge is 0.272 e. The lowest BCUT2D eigenvalue weighted by atomic mass is 10.0. The van der Waals surface area contributed by atoms with Crippen LogP contribution in [0.4, 0.5) is 8.78 Å². The molecule has 0 spiro atoms. The van der Waals surface area contributed by atoms with Crippen LogP contribution in [0.25, 0.3) is 0 Å². The van der Waals surface area contributed by atoms with E-state index in [2.05, 4.69) is 27.5 Å². The average molecular weight is 342 g/mol. The normalized spacial score (nSPS) is 22.8. The molecule has 1 N–H and O–H groups in total. The van der Waals surface area contributed by atoms with Gasteiger partial charge in [0.2, 0.25) is 5.88 Å². The quantitative estimate of drug-likeness (QED) is 0.660. The van der Waals surface area contributed by atoms with Gasteiger partial charge in [0, 0.05) is 37.0 Å². The lowest BCUT2D eigenvalue weighted by Gasteiger charge is -2.21. The topological polar surface area (TPSA) is 37.4 Å². The van der Waals surface area contributed by atoms with Crippen LogP contribution in [0.1, 0.15) is 11.1 Å². The van der Waals surface area contributed by atoms with E-state index in [1.807, 2.05) is 12.3 Å². The van der Waals surface area contributed by atoms with Gasteiger partial charge in [0.15, 0.2) is 6.61 Å². The molecule has 0 aliphatic carbocycles. The highest BCUT2D eigenvalue weighted by molar-refractivity contribution is 6.22. The van der Waals surface area contributed by atoms with Crippen LogP contribution in [-0.4, -0.2) is 35.0 Å². The molecule has 124 valence electrons. The van der Waals surface area contributed by atoms with E-state index < -0.39 is 13.0 Å². The van der Waals surface area contributed by atoms with Crippen molar-refractivity contribution in [3.05, 3.63) is 47.4 Å². The number of nitrogens with zero attached hydrogens (tertiary/aromatic N) is 2. The Bertz CT molecular complexity index is 636. The predicted molar refractivity (Wildman–Crippen MR) is 84.4 cm³/mol. The van der Waals surface area contributed by atoms with E-state index in [9.17, 15) is 8.78 Å². The zero-order valence-electron chi connectivity index (χ0n) is 12.7. The Balaban J connectivity index is 1.65. The van der Waals surface area contributed by atoms with E-state index in [1.54, 1.807) is 13.1 Å². The van der Waals surface area contributed by atoms with Crippen molar-refractivity contribution in [2.75, 3.05) is 13.2 Å². The highest BCUT2D eigenvalue weighted by atomic mass is 35.5. The summed E-state index contributed by atoms with van der Waals surface area (Å²) in [5.74, 6) is 0.594. The second kappa shape index (κ2) is 6.74. The number of alkyl halides is 3. The second-order valence-electron chi connectivity index (χ2n) is 5.72. The van der Waals surface area contributed by atoms with Crippen LogP contribution in [0.3, 0.4) is 0 Å². The largest absolute Gasteiger partial charge is 0.471 e. The van der Waals surface area contributed by atoms with Gasteiger partial charge in [-0.05, 0) is 30.3 Å². The van der Waals surface area contributed by atoms with Gasteiger partial charge in [0.1, 0.15) is 5.50 Å². The zero-order valence-corrected chi connectivity index (χ0v) is 13.4. The number of hydrogen-bond donors (Lipinski definition) is 1. The number of rotatable bonds is 5. The molecule has 0 fully saturated rings. The summed E-state index contributed by atoms with van der Waals surface area (Å²) in [6.07, 6.45) is 5.25. The fraction of sp³-hybridized carbons (Fsp3) is 0.438. The first-order chi connectivity index (χ1) is 11.0. The van der Waals surface area contributed by atoms with Crippen LogP contribution in [0.15, 0.2) is 36.3 Å². The predicted octanol–water partition coefficient (Wildman–Crippen LogP) is 3.03. The molecule has 4 nitrogen and oxygen atoms in total. The van der Waals surface area contributed by atoms with Gasteiger partial charge in [-0.3, -0.25) is 0 Å². The molecule has 0 saturated carbocycles. The first-order valence-electron chi connectivity index (χ1n) is 7.42. The number of aryl methyl sites for hydroxylation is 1. The lowest BCUT2D eigenvalue weighted by molar-refractivity contribution is 0.0792. The first-order valence-corrected chi connectivity index (χ1v) is 7.85. The molecule has 1 aromatic heterocycles. The molecule has 0 saturated heterocycles. The van der Waals surface area contributed by atoms with Gasteiger partial charge in [0.25, 0.3) is 6.43 Å². The third kappa shape index (κ3) is 3.75. The SMILES string of the molecule is Cc1cc(CN2C=C3C(C=CNC3Cl)C2)cnc1OCC(F)F. The number of nitrogens with one attached hydrogen (secondary N) is 1. The van der Waals surface area contributed by atoms with Crippen LogP contribution < -0.4 is 10.1 Å². The molecule has 3 rings (SSSR count). The van der Waals surface area contributed by atoms with Crippen molar-refractivity contribution in [1.82, 2.24) is 15.2 Å². The minimum absolute atomic E-state index is 0.167. The number of ether oxygens (including phenoxy) is 1. The van der Waals surface area contributed by atoms with E-state index in [4.69, 9.17) is 16.3 Å². The first kappa shape index (κ1) is 16.1. The molecular weight excluding hydrogens is 324 g/mol. The minimum atomic E-state index is -2.50. The highest BCUT2D eigenvalue weighted by Crippen LogP contribution is 2.31. The summed E-state index contributed by atoms with van der Waals surface area (Å²) in [7, 11) is 0. The summed E-state index contributed by atoms with van der Waals surface area (Å²) < 4.78 is 29.4. The fourth-order valence-electron chi connectivity index (χ4n) is 2.84. The Morgan fingerprint density at radius 1 is 1.52 bits per heavy atom. The molecule has 3 heterocycles. The van der Waals surface area contributed by atoms with Crippen LogP contribution in [-0.2, 0) is 6.54 Å². The van der Waals surface area contributed by atoms with Gasteiger partial charge < -0.3 is 15.0 Å². The molecule has 0 bridgehead atoms. The highest BCUT2D eigenvalue weighted by Gasteiger charge is 2.29. The minimum Gasteiger partial charge on any atom is -0.471 e. The van der Waals surface area contributed by atoms with Crippen molar-refractivity contribution >= 4 is 11.6 Å². The molecule has 23 heavy (non-hydrogen) atoms. The molecular formula is C16H18ClF2N3O. The van der Waals surface area contributed by atoms with Crippen LogP contribution in [0, 0.1) is 12.8 Å². The fourth-order valence-corrected chi connectivity index (χ4v) is 3.13. The van der Waals surface area contributed by atoms with Crippen LogP contribution in [0.2, 0.25) is 0 Å². The van der Waals surface area contributed by atoms with Gasteiger partial charge in [-0.1, -0.05) is 17.7 Å². The van der Waals surface area contributed by atoms with Crippen molar-refractivity contribution in [3.63, 3.8) is 0 Å². The van der Waals surface area contributed by atoms with Gasteiger partial charge in [-0.15, -0.1) is 0 Å². The molecule has 7 heteroatoms. The Hall–Kier alpha value is -1.82. The Kier molecular flexibility index (Phi) is 4.71. The Labute approximate surface area is 138 Å². The number of halogens is 3. The molecule has 0 aromatic carbocycles. The molecule has 2 unspecified atom stereocenters. The number of aromatic nitrogens is 1. The van der Waals surface area contributed by atoms with Crippen molar-refractivity contribution in [2.24, 2.45) is 5.92 Å². The maximum atomic E-state index is 12.2. The summed E-state index contributed by atoms with van der Waals surface area (Å²) >= 11 is 6.24. The van der Waals surface area contributed by atoms with Crippen molar-refractivity contribution in [1.29, 1.82) is 0 Å². The summed E-state index contributed by atoms with van der Waals surface area (Å²) in [4.78, 5) is 6.33. The number of fused-ring (bicyclic) bond motifs is 1. The van der Waals surface area contributed by atoms with E-state index in [1.165, 1.54) is 0 Å². The van der Waals surface area contributed by atoms with Crippen molar-refractivity contribution < 1.29 is 13.5 Å². The Morgan fingerprint density at radius 3 is 3.04 bits per heavy atom. The Morgan fingerprint density at radius 2 is 2.35 bits per heavy atom. The maximum absolute atomic E-state index is 12.2. The standard InChI is InChI=1S/C16H18ClF2N3O/c1-10-4-11(5-21-16(10)23-9-14(18)19)6-22-7-12-2-3-20-15(17)13(12)8-22/h2-5,8,12,14-15,20H,6-7,9H2,1H3. The summed E-state index contributed by atoms with van der Waals surface area (Å²) in [5.41, 5.74) is 2.75. The molecule has 2 aliphatic rings. The maximum Gasteiger partial charge on any atom is 0.272 e. The molecule has 2 aliphatic heterocycles. The van der Waals surface area contributed by atoms with E-state index in [0.29, 0.717) is 12.5 Å². The van der Waals surface area contributed by atoms with Gasteiger partial charge in [0.05, 0.1) is 0 Å².